The molecule has 0 spiro atoms. The quantitative estimate of drug-likeness (QED) is 0.725. The minimum atomic E-state index is -0.318. The monoisotopic (exact) mass is 392 g/mol. The van der Waals surface area contributed by atoms with Crippen LogP contribution in [-0.2, 0) is 13.1 Å². The Bertz CT molecular complexity index is 1030. The molecule has 2 heterocycles. The van der Waals surface area contributed by atoms with Crippen LogP contribution in [0.5, 0.6) is 0 Å². The highest BCUT2D eigenvalue weighted by Gasteiger charge is 2.28. The third-order valence-electron chi connectivity index (χ3n) is 5.03. The number of fused-ring (bicyclic) bond motifs is 1. The summed E-state index contributed by atoms with van der Waals surface area (Å²) in [5, 5.41) is 7.23. The van der Waals surface area contributed by atoms with Crippen molar-refractivity contribution in [2.45, 2.75) is 26.1 Å². The van der Waals surface area contributed by atoms with E-state index in [1.807, 2.05) is 37.3 Å². The van der Waals surface area contributed by atoms with Gasteiger partial charge in [0.2, 0.25) is 0 Å². The molecule has 1 unspecified atom stereocenters. The lowest BCUT2D eigenvalue weighted by molar-refractivity contribution is 0.0683. The first-order valence-electron chi connectivity index (χ1n) is 9.48. The Morgan fingerprint density at radius 2 is 1.86 bits per heavy atom. The van der Waals surface area contributed by atoms with E-state index in [4.69, 9.17) is 0 Å². The summed E-state index contributed by atoms with van der Waals surface area (Å²) >= 11 is 0. The molecule has 7 heteroatoms. The van der Waals surface area contributed by atoms with Crippen molar-refractivity contribution in [2.75, 3.05) is 6.54 Å². The van der Waals surface area contributed by atoms with E-state index in [2.05, 4.69) is 10.4 Å². The number of benzene rings is 2. The molecule has 1 N–H and O–H groups in total. The van der Waals surface area contributed by atoms with Crippen molar-refractivity contribution in [3.05, 3.63) is 89.0 Å². The minimum Gasteiger partial charge on any atom is -0.344 e. The summed E-state index contributed by atoms with van der Waals surface area (Å²) in [5.74, 6) is -0.818. The molecule has 0 bridgehead atoms. The lowest BCUT2D eigenvalue weighted by atomic mass is 10.1. The van der Waals surface area contributed by atoms with E-state index in [0.717, 1.165) is 11.1 Å². The Labute approximate surface area is 167 Å². The van der Waals surface area contributed by atoms with E-state index in [0.29, 0.717) is 25.3 Å². The maximum Gasteiger partial charge on any atom is 0.272 e. The van der Waals surface area contributed by atoms with E-state index < -0.39 is 0 Å². The summed E-state index contributed by atoms with van der Waals surface area (Å²) in [5.41, 5.74) is 2.45. The number of hydrogen-bond donors (Lipinski definition) is 1. The van der Waals surface area contributed by atoms with Gasteiger partial charge in [0.05, 0.1) is 12.6 Å². The normalized spacial score (nSPS) is 14.4. The fourth-order valence-corrected chi connectivity index (χ4v) is 3.41. The van der Waals surface area contributed by atoms with Crippen molar-refractivity contribution in [2.24, 2.45) is 0 Å². The minimum absolute atomic E-state index is 0.173. The van der Waals surface area contributed by atoms with Crippen molar-refractivity contribution in [1.82, 2.24) is 20.0 Å². The zero-order chi connectivity index (χ0) is 20.4. The summed E-state index contributed by atoms with van der Waals surface area (Å²) in [7, 11) is 0. The van der Waals surface area contributed by atoms with Gasteiger partial charge in [-0.15, -0.1) is 0 Å². The summed E-state index contributed by atoms with van der Waals surface area (Å²) in [6, 6.07) is 17.1. The zero-order valence-corrected chi connectivity index (χ0v) is 16.0. The van der Waals surface area contributed by atoms with E-state index in [1.54, 1.807) is 21.7 Å². The third-order valence-corrected chi connectivity index (χ3v) is 5.03. The molecule has 0 aliphatic carbocycles. The van der Waals surface area contributed by atoms with E-state index in [1.165, 1.54) is 18.2 Å². The molecular weight excluding hydrogens is 371 g/mol. The molecule has 2 aromatic carbocycles. The molecule has 4 rings (SSSR count). The van der Waals surface area contributed by atoms with Gasteiger partial charge in [0.25, 0.3) is 11.8 Å². The van der Waals surface area contributed by atoms with E-state index >= 15 is 0 Å². The molecule has 6 nitrogen and oxygen atoms in total. The zero-order valence-electron chi connectivity index (χ0n) is 16.0. The van der Waals surface area contributed by atoms with Crippen LogP contribution in [0.25, 0.3) is 0 Å². The van der Waals surface area contributed by atoms with E-state index in [-0.39, 0.29) is 29.4 Å². The lowest BCUT2D eigenvalue weighted by Crippen LogP contribution is -2.39. The predicted molar refractivity (Wildman–Crippen MR) is 106 cm³/mol. The van der Waals surface area contributed by atoms with Gasteiger partial charge in [0.1, 0.15) is 11.5 Å². The number of nitrogens with zero attached hydrogens (tertiary/aromatic N) is 3. The highest BCUT2D eigenvalue weighted by Crippen LogP contribution is 2.18. The smallest absolute Gasteiger partial charge is 0.272 e. The van der Waals surface area contributed by atoms with Crippen LogP contribution in [0.2, 0.25) is 0 Å². The number of carbonyl (C=O) groups excluding carboxylic acids is 2. The Kier molecular flexibility index (Phi) is 5.12. The van der Waals surface area contributed by atoms with Gasteiger partial charge in [-0.25, -0.2) is 4.39 Å². The summed E-state index contributed by atoms with van der Waals surface area (Å²) in [6.45, 7) is 3.27. The Balaban J connectivity index is 1.46. The molecule has 1 aromatic heterocycles. The maximum absolute atomic E-state index is 13.1. The first-order chi connectivity index (χ1) is 14.0. The van der Waals surface area contributed by atoms with E-state index in [9.17, 15) is 14.0 Å². The largest absolute Gasteiger partial charge is 0.344 e. The molecule has 0 radical (unpaired) electrons. The second-order valence-corrected chi connectivity index (χ2v) is 7.10. The van der Waals surface area contributed by atoms with Gasteiger partial charge in [-0.3, -0.25) is 14.3 Å². The topological polar surface area (TPSA) is 67.2 Å². The van der Waals surface area contributed by atoms with Crippen LogP contribution in [0.3, 0.4) is 0 Å². The molecule has 0 saturated heterocycles. The first-order valence-corrected chi connectivity index (χ1v) is 9.48. The number of nitrogens with one attached hydrogen (secondary N) is 1. The second kappa shape index (κ2) is 7.87. The lowest BCUT2D eigenvalue weighted by Gasteiger charge is -2.27. The standard InChI is InChI=1S/C22H21FN4O2/c1-15(17-5-3-2-4-6-17)24-21(28)19-13-20-22(29)26(11-12-27(20)25-19)14-16-7-9-18(23)10-8-16/h2-10,13,15H,11-12,14H2,1H3,(H,24,28). The van der Waals surface area contributed by atoms with Gasteiger partial charge in [-0.1, -0.05) is 42.5 Å². The first kappa shape index (κ1) is 18.9. The molecule has 0 fully saturated rings. The Hall–Kier alpha value is -3.48. The molecular formula is C22H21FN4O2. The molecule has 1 aliphatic rings. The molecule has 3 aromatic rings. The number of amides is 2. The highest BCUT2D eigenvalue weighted by molar-refractivity contribution is 5.98. The number of carbonyl (C=O) groups is 2. The van der Waals surface area contributed by atoms with Crippen LogP contribution in [-0.4, -0.2) is 33.0 Å². The fraction of sp³-hybridized carbons (Fsp3) is 0.227. The number of aromatic nitrogens is 2. The van der Waals surface area contributed by atoms with Gasteiger partial charge in [-0.2, -0.15) is 5.10 Å². The van der Waals surface area contributed by atoms with Gasteiger partial charge < -0.3 is 10.2 Å². The predicted octanol–water partition coefficient (Wildman–Crippen LogP) is 3.17. The van der Waals surface area contributed by atoms with Crippen molar-refractivity contribution in [1.29, 1.82) is 0 Å². The molecule has 2 amide bonds. The number of halogens is 1. The fourth-order valence-electron chi connectivity index (χ4n) is 3.41. The maximum atomic E-state index is 13.1. The molecule has 1 atom stereocenters. The van der Waals surface area contributed by atoms with Crippen molar-refractivity contribution in [3.63, 3.8) is 0 Å². The van der Waals surface area contributed by atoms with Gasteiger partial charge in [0, 0.05) is 19.2 Å². The van der Waals surface area contributed by atoms with Crippen LogP contribution in [0.15, 0.2) is 60.7 Å². The number of hydrogen-bond acceptors (Lipinski definition) is 3. The van der Waals surface area contributed by atoms with Gasteiger partial charge in [-0.05, 0) is 30.2 Å². The highest BCUT2D eigenvalue weighted by atomic mass is 19.1. The van der Waals surface area contributed by atoms with Crippen LogP contribution < -0.4 is 5.32 Å². The Morgan fingerprint density at radius 1 is 1.14 bits per heavy atom. The van der Waals surface area contributed by atoms with Crippen molar-refractivity contribution >= 4 is 11.8 Å². The average molecular weight is 392 g/mol. The van der Waals surface area contributed by atoms with Crippen molar-refractivity contribution < 1.29 is 14.0 Å². The summed E-state index contributed by atoms with van der Waals surface area (Å²) < 4.78 is 14.7. The number of rotatable bonds is 5. The van der Waals surface area contributed by atoms with Gasteiger partial charge >= 0.3 is 0 Å². The average Bonchev–Trinajstić information content (AvgIpc) is 3.18. The molecule has 1 aliphatic heterocycles. The van der Waals surface area contributed by atoms with Crippen LogP contribution in [0, 0.1) is 5.82 Å². The second-order valence-electron chi connectivity index (χ2n) is 7.10. The van der Waals surface area contributed by atoms with Gasteiger partial charge in [0.15, 0.2) is 5.69 Å². The van der Waals surface area contributed by atoms with Crippen LogP contribution in [0.4, 0.5) is 4.39 Å². The van der Waals surface area contributed by atoms with Crippen molar-refractivity contribution in [3.8, 4) is 0 Å². The van der Waals surface area contributed by atoms with Crippen LogP contribution >= 0.6 is 0 Å². The SMILES string of the molecule is CC(NC(=O)c1cc2n(n1)CCN(Cc1ccc(F)cc1)C2=O)c1ccccc1. The Morgan fingerprint density at radius 3 is 2.59 bits per heavy atom. The summed E-state index contributed by atoms with van der Waals surface area (Å²) in [4.78, 5) is 27.1. The molecule has 148 valence electrons. The molecule has 0 saturated carbocycles. The summed E-state index contributed by atoms with van der Waals surface area (Å²) in [6.07, 6.45) is 0. The third kappa shape index (κ3) is 4.03. The molecule has 29 heavy (non-hydrogen) atoms. The van der Waals surface area contributed by atoms with Crippen LogP contribution in [0.1, 0.15) is 45.1 Å².